The SMILES string of the molecule is CC1=C(C)N(c2[c-]c(Oc3[c-]c4c(cc3)c3cc(C#N)ccc3n4-c3ccccn3)ccc2)[CH-]N1C.[Pt]. The van der Waals surface area contributed by atoms with Crippen LogP contribution >= 0.6 is 0 Å². The van der Waals surface area contributed by atoms with Crippen molar-refractivity contribution < 1.29 is 25.8 Å². The minimum absolute atomic E-state index is 0. The predicted molar refractivity (Wildman–Crippen MR) is 140 cm³/mol. The zero-order valence-corrected chi connectivity index (χ0v) is 22.7. The first-order valence-corrected chi connectivity index (χ1v) is 11.6. The fraction of sp³-hybridized carbons (Fsp3) is 0.100. The van der Waals surface area contributed by atoms with Gasteiger partial charge in [-0.05, 0) is 62.3 Å². The molecule has 5 aromatic rings. The van der Waals surface area contributed by atoms with Gasteiger partial charge in [0.1, 0.15) is 5.82 Å². The Balaban J connectivity index is 0.00000280. The maximum atomic E-state index is 9.44. The average molecular weight is 664 g/mol. The van der Waals surface area contributed by atoms with Crippen LogP contribution in [-0.4, -0.2) is 21.5 Å². The van der Waals surface area contributed by atoms with Gasteiger partial charge in [-0.2, -0.15) is 24.1 Å². The van der Waals surface area contributed by atoms with Crippen molar-refractivity contribution in [2.24, 2.45) is 0 Å². The molecule has 0 bridgehead atoms. The number of benzene rings is 3. The Morgan fingerprint density at radius 2 is 1.76 bits per heavy atom. The summed E-state index contributed by atoms with van der Waals surface area (Å²) in [6.45, 7) is 6.22. The molecule has 6 nitrogen and oxygen atoms in total. The van der Waals surface area contributed by atoms with Crippen LogP contribution in [-0.2, 0) is 21.1 Å². The second-order valence-corrected chi connectivity index (χ2v) is 8.72. The molecule has 2 aromatic heterocycles. The van der Waals surface area contributed by atoms with Gasteiger partial charge in [0.2, 0.25) is 0 Å². The quantitative estimate of drug-likeness (QED) is 0.204. The average Bonchev–Trinajstić information content (AvgIpc) is 3.37. The van der Waals surface area contributed by atoms with E-state index in [-0.39, 0.29) is 21.1 Å². The van der Waals surface area contributed by atoms with E-state index in [0.717, 1.165) is 39.0 Å². The summed E-state index contributed by atoms with van der Waals surface area (Å²) in [6, 6.07) is 30.3. The van der Waals surface area contributed by atoms with Crippen molar-refractivity contribution in [1.82, 2.24) is 14.5 Å². The number of ether oxygens (including phenoxy) is 1. The minimum Gasteiger partial charge on any atom is -0.509 e. The van der Waals surface area contributed by atoms with Crippen molar-refractivity contribution in [3.63, 3.8) is 0 Å². The summed E-state index contributed by atoms with van der Waals surface area (Å²) in [5, 5.41) is 11.4. The zero-order chi connectivity index (χ0) is 24.8. The molecule has 3 aromatic carbocycles. The van der Waals surface area contributed by atoms with Crippen molar-refractivity contribution in [3.05, 3.63) is 109 Å². The maximum Gasteiger partial charge on any atom is 0.135 e. The largest absolute Gasteiger partial charge is 0.509 e. The van der Waals surface area contributed by atoms with Gasteiger partial charge in [0.15, 0.2) is 0 Å². The number of allylic oxidation sites excluding steroid dienone is 2. The molecule has 37 heavy (non-hydrogen) atoms. The third kappa shape index (κ3) is 4.26. The molecule has 0 saturated carbocycles. The summed E-state index contributed by atoms with van der Waals surface area (Å²) in [6.07, 6.45) is 1.77. The first-order valence-electron chi connectivity index (χ1n) is 11.6. The summed E-state index contributed by atoms with van der Waals surface area (Å²) in [7, 11) is 2.03. The molecule has 0 atom stereocenters. The van der Waals surface area contributed by atoms with E-state index in [1.807, 2.05) is 85.0 Å². The third-order valence-corrected chi connectivity index (χ3v) is 6.59. The number of aromatic nitrogens is 2. The molecular formula is C30H22N5OPt-3. The van der Waals surface area contributed by atoms with Crippen LogP contribution in [0.1, 0.15) is 19.4 Å². The molecule has 1 aliphatic heterocycles. The van der Waals surface area contributed by atoms with E-state index in [1.54, 1.807) is 6.20 Å². The fourth-order valence-corrected chi connectivity index (χ4v) is 4.55. The molecule has 0 amide bonds. The summed E-state index contributed by atoms with van der Waals surface area (Å²) in [5.74, 6) is 1.95. The first-order chi connectivity index (χ1) is 17.5. The van der Waals surface area contributed by atoms with Crippen molar-refractivity contribution in [1.29, 1.82) is 5.26 Å². The number of fused-ring (bicyclic) bond motifs is 3. The van der Waals surface area contributed by atoms with Gasteiger partial charge in [0.25, 0.3) is 0 Å². The van der Waals surface area contributed by atoms with E-state index in [4.69, 9.17) is 4.74 Å². The molecule has 3 heterocycles. The molecular weight excluding hydrogens is 641 g/mol. The molecule has 0 N–H and O–H groups in total. The van der Waals surface area contributed by atoms with E-state index >= 15 is 0 Å². The summed E-state index contributed by atoms with van der Waals surface area (Å²) in [5.41, 5.74) is 5.64. The number of hydrogen-bond donors (Lipinski definition) is 0. The first kappa shape index (κ1) is 24.6. The number of pyridine rings is 1. The molecule has 0 spiro atoms. The van der Waals surface area contributed by atoms with Crippen LogP contribution in [0, 0.1) is 30.1 Å². The smallest absolute Gasteiger partial charge is 0.135 e. The topological polar surface area (TPSA) is 57.3 Å². The second-order valence-electron chi connectivity index (χ2n) is 8.72. The van der Waals surface area contributed by atoms with Gasteiger partial charge >= 0.3 is 0 Å². The van der Waals surface area contributed by atoms with Crippen LogP contribution in [0.3, 0.4) is 0 Å². The number of nitriles is 1. The van der Waals surface area contributed by atoms with Gasteiger partial charge < -0.3 is 19.1 Å². The predicted octanol–water partition coefficient (Wildman–Crippen LogP) is 6.56. The molecule has 1 aliphatic rings. The Bertz CT molecular complexity index is 1700. The molecule has 0 unspecified atom stereocenters. The Hall–Kier alpha value is -4.07. The monoisotopic (exact) mass is 663 g/mol. The molecule has 0 saturated heterocycles. The third-order valence-electron chi connectivity index (χ3n) is 6.59. The Morgan fingerprint density at radius 1 is 0.919 bits per heavy atom. The van der Waals surface area contributed by atoms with Gasteiger partial charge in [-0.3, -0.25) is 0 Å². The van der Waals surface area contributed by atoms with E-state index in [1.165, 1.54) is 5.70 Å². The second kappa shape index (κ2) is 9.76. The van der Waals surface area contributed by atoms with Crippen LogP contribution in [0.2, 0.25) is 0 Å². The Labute approximate surface area is 230 Å². The van der Waals surface area contributed by atoms with E-state index < -0.39 is 0 Å². The van der Waals surface area contributed by atoms with Gasteiger partial charge in [-0.15, -0.1) is 41.4 Å². The van der Waals surface area contributed by atoms with Crippen LogP contribution in [0.25, 0.3) is 27.6 Å². The number of hydrogen-bond acceptors (Lipinski definition) is 5. The van der Waals surface area contributed by atoms with E-state index in [9.17, 15) is 5.26 Å². The van der Waals surface area contributed by atoms with E-state index in [0.29, 0.717) is 17.1 Å². The molecule has 186 valence electrons. The zero-order valence-electron chi connectivity index (χ0n) is 20.5. The number of nitrogens with zero attached hydrogens (tertiary/aromatic N) is 5. The number of anilines is 1. The molecule has 0 fully saturated rings. The van der Waals surface area contributed by atoms with Gasteiger partial charge in [-0.25, -0.2) is 4.98 Å². The summed E-state index contributed by atoms with van der Waals surface area (Å²) < 4.78 is 8.29. The maximum absolute atomic E-state index is 9.44. The van der Waals surface area contributed by atoms with Crippen LogP contribution < -0.4 is 9.64 Å². The van der Waals surface area contributed by atoms with E-state index in [2.05, 4.69) is 46.8 Å². The van der Waals surface area contributed by atoms with Crippen molar-refractivity contribution in [2.75, 3.05) is 11.9 Å². The molecule has 0 aliphatic carbocycles. The molecule has 7 heteroatoms. The van der Waals surface area contributed by atoms with Gasteiger partial charge in [0, 0.05) is 50.0 Å². The Morgan fingerprint density at radius 3 is 2.49 bits per heavy atom. The molecule has 0 radical (unpaired) electrons. The van der Waals surface area contributed by atoms with Crippen LogP contribution in [0.15, 0.2) is 84.3 Å². The van der Waals surface area contributed by atoms with Crippen LogP contribution in [0.5, 0.6) is 11.5 Å². The molecule has 6 rings (SSSR count). The summed E-state index contributed by atoms with van der Waals surface area (Å²) in [4.78, 5) is 8.75. The normalized spacial score (nSPS) is 13.2. The van der Waals surface area contributed by atoms with Crippen molar-refractivity contribution in [2.45, 2.75) is 13.8 Å². The fourth-order valence-electron chi connectivity index (χ4n) is 4.55. The standard InChI is InChI=1S/C30H22N5O.Pt/c1-20-21(2)34(19-33(20)3)23-7-6-8-24(16-23)36-25-11-12-26-27-15-22(18-31)10-13-28(27)35(29(26)17-25)30-9-4-5-14-32-30;/h4-15,19H,1-3H3;/q-3;. The van der Waals surface area contributed by atoms with Crippen molar-refractivity contribution in [3.8, 4) is 23.4 Å². The number of rotatable bonds is 4. The van der Waals surface area contributed by atoms with Gasteiger partial charge in [-0.1, -0.05) is 11.6 Å². The summed E-state index contributed by atoms with van der Waals surface area (Å²) >= 11 is 0. The minimum atomic E-state index is 0. The van der Waals surface area contributed by atoms with Gasteiger partial charge in [0.05, 0.1) is 11.6 Å². The van der Waals surface area contributed by atoms with Crippen LogP contribution in [0.4, 0.5) is 5.69 Å². The van der Waals surface area contributed by atoms with Crippen molar-refractivity contribution >= 4 is 27.5 Å². The Kier molecular flexibility index (Phi) is 6.50.